The quantitative estimate of drug-likeness (QED) is 0.456. The average molecular weight is 473 g/mol. The van der Waals surface area contributed by atoms with Crippen LogP contribution in [-0.4, -0.2) is 28.5 Å². The maximum Gasteiger partial charge on any atom is 0.294 e. The Morgan fingerprint density at radius 2 is 1.76 bits per heavy atom. The first-order chi connectivity index (χ1) is 16.4. The molecule has 0 aliphatic carbocycles. The van der Waals surface area contributed by atoms with Gasteiger partial charge in [0, 0.05) is 5.69 Å². The second-order valence-corrected chi connectivity index (χ2v) is 8.96. The van der Waals surface area contributed by atoms with E-state index in [1.807, 2.05) is 80.6 Å². The van der Waals surface area contributed by atoms with E-state index >= 15 is 0 Å². The number of rotatable bonds is 7. The number of amides is 3. The Labute approximate surface area is 202 Å². The number of thioether (sulfide) groups is 1. The van der Waals surface area contributed by atoms with Crippen LogP contribution in [0.3, 0.4) is 0 Å². The van der Waals surface area contributed by atoms with Gasteiger partial charge >= 0.3 is 0 Å². The number of ether oxygens (including phenoxy) is 1. The zero-order valence-corrected chi connectivity index (χ0v) is 19.7. The summed E-state index contributed by atoms with van der Waals surface area (Å²) < 4.78 is 5.84. The lowest BCUT2D eigenvalue weighted by atomic mass is 10.1. The molecule has 3 aromatic carbocycles. The summed E-state index contributed by atoms with van der Waals surface area (Å²) in [5, 5.41) is 2.28. The van der Waals surface area contributed by atoms with Crippen molar-refractivity contribution in [1.82, 2.24) is 4.90 Å². The van der Waals surface area contributed by atoms with E-state index in [2.05, 4.69) is 5.32 Å². The topological polar surface area (TPSA) is 75.7 Å². The summed E-state index contributed by atoms with van der Waals surface area (Å²) in [4.78, 5) is 38.9. The fourth-order valence-electron chi connectivity index (χ4n) is 3.39. The van der Waals surface area contributed by atoms with Crippen molar-refractivity contribution in [2.24, 2.45) is 0 Å². The molecule has 1 fully saturated rings. The molecule has 0 saturated carbocycles. The first-order valence-electron chi connectivity index (χ1n) is 10.8. The predicted octanol–water partition coefficient (Wildman–Crippen LogP) is 5.56. The van der Waals surface area contributed by atoms with Gasteiger partial charge in [-0.2, -0.15) is 0 Å². The van der Waals surface area contributed by atoms with E-state index in [1.54, 1.807) is 12.1 Å². The van der Waals surface area contributed by atoms with Crippen LogP contribution < -0.4 is 10.1 Å². The van der Waals surface area contributed by atoms with E-state index in [0.29, 0.717) is 18.0 Å². The van der Waals surface area contributed by atoms with E-state index < -0.39 is 17.1 Å². The lowest BCUT2D eigenvalue weighted by Crippen LogP contribution is -2.36. The van der Waals surface area contributed by atoms with E-state index in [0.717, 1.165) is 38.9 Å². The highest BCUT2D eigenvalue weighted by Crippen LogP contribution is 2.32. The summed E-state index contributed by atoms with van der Waals surface area (Å²) in [6.45, 7) is 4.03. The van der Waals surface area contributed by atoms with Gasteiger partial charge in [-0.25, -0.2) is 0 Å². The standard InChI is InChI=1S/C27H24N2O4S/c1-18-11-12-22(13-19(18)2)28-25(30)16-29-26(31)24(34-27(29)32)15-21-9-6-10-23(14-21)33-17-20-7-4-3-5-8-20/h3-15H,16-17H2,1-2H3,(H,28,30)/b24-15+. The number of hydrogen-bond donors (Lipinski definition) is 1. The van der Waals surface area contributed by atoms with Crippen molar-refractivity contribution in [1.29, 1.82) is 0 Å². The molecule has 0 radical (unpaired) electrons. The highest BCUT2D eigenvalue weighted by Gasteiger charge is 2.36. The first-order valence-corrected chi connectivity index (χ1v) is 11.6. The number of benzene rings is 3. The third kappa shape index (κ3) is 5.74. The van der Waals surface area contributed by atoms with Crippen LogP contribution in [0.2, 0.25) is 0 Å². The van der Waals surface area contributed by atoms with Crippen LogP contribution in [-0.2, 0) is 16.2 Å². The van der Waals surface area contributed by atoms with Crippen molar-refractivity contribution in [3.05, 3.63) is 100.0 Å². The minimum absolute atomic E-state index is 0.268. The minimum atomic E-state index is -0.485. The molecule has 1 aliphatic heterocycles. The summed E-state index contributed by atoms with van der Waals surface area (Å²) in [5.41, 5.74) is 4.57. The van der Waals surface area contributed by atoms with E-state index in [9.17, 15) is 14.4 Å². The van der Waals surface area contributed by atoms with Crippen LogP contribution in [0.25, 0.3) is 6.08 Å². The second kappa shape index (κ2) is 10.4. The Bertz CT molecular complexity index is 1270. The van der Waals surface area contributed by atoms with Crippen molar-refractivity contribution in [3.63, 3.8) is 0 Å². The van der Waals surface area contributed by atoms with Gasteiger partial charge in [0.1, 0.15) is 18.9 Å². The number of imide groups is 1. The molecule has 0 spiro atoms. The lowest BCUT2D eigenvalue weighted by Gasteiger charge is -2.13. The van der Waals surface area contributed by atoms with Gasteiger partial charge in [0.25, 0.3) is 11.1 Å². The number of carbonyl (C=O) groups is 3. The van der Waals surface area contributed by atoms with Crippen molar-refractivity contribution in [3.8, 4) is 5.75 Å². The summed E-state index contributed by atoms with van der Waals surface area (Å²) >= 11 is 0.823. The van der Waals surface area contributed by atoms with Crippen LogP contribution in [0.1, 0.15) is 22.3 Å². The third-order valence-electron chi connectivity index (χ3n) is 5.37. The predicted molar refractivity (Wildman–Crippen MR) is 134 cm³/mol. The average Bonchev–Trinajstić information content (AvgIpc) is 3.08. The number of carbonyl (C=O) groups excluding carboxylic acids is 3. The molecule has 3 amide bonds. The summed E-state index contributed by atoms with van der Waals surface area (Å²) in [6.07, 6.45) is 1.64. The van der Waals surface area contributed by atoms with Gasteiger partial charge in [0.05, 0.1) is 4.91 Å². The first kappa shape index (κ1) is 23.3. The molecule has 172 valence electrons. The number of nitrogens with one attached hydrogen (secondary N) is 1. The van der Waals surface area contributed by atoms with Crippen molar-refractivity contribution in [2.45, 2.75) is 20.5 Å². The van der Waals surface area contributed by atoms with Crippen molar-refractivity contribution in [2.75, 3.05) is 11.9 Å². The van der Waals surface area contributed by atoms with Crippen LogP contribution in [0.4, 0.5) is 10.5 Å². The molecule has 1 N–H and O–H groups in total. The normalized spacial score (nSPS) is 14.5. The summed E-state index contributed by atoms with van der Waals surface area (Å²) in [6, 6.07) is 22.7. The van der Waals surface area contributed by atoms with Gasteiger partial charge in [0.2, 0.25) is 5.91 Å². The summed E-state index contributed by atoms with van der Waals surface area (Å²) in [7, 11) is 0. The third-order valence-corrected chi connectivity index (χ3v) is 6.28. The molecule has 3 aromatic rings. The molecule has 6 nitrogen and oxygen atoms in total. The van der Waals surface area contributed by atoms with Crippen molar-refractivity contribution >= 4 is 40.6 Å². The van der Waals surface area contributed by atoms with E-state index in [-0.39, 0.29) is 11.4 Å². The maximum atomic E-state index is 12.8. The summed E-state index contributed by atoms with van der Waals surface area (Å²) in [5.74, 6) is -0.256. The zero-order valence-electron chi connectivity index (χ0n) is 18.9. The molecular formula is C27H24N2O4S. The molecule has 1 heterocycles. The van der Waals surface area contributed by atoms with Crippen LogP contribution in [0.15, 0.2) is 77.7 Å². The van der Waals surface area contributed by atoms with Crippen LogP contribution in [0, 0.1) is 13.8 Å². The molecular weight excluding hydrogens is 448 g/mol. The van der Waals surface area contributed by atoms with Gasteiger partial charge in [-0.05, 0) is 78.2 Å². The number of nitrogens with zero attached hydrogens (tertiary/aromatic N) is 1. The number of hydrogen-bond acceptors (Lipinski definition) is 5. The molecule has 0 aromatic heterocycles. The van der Waals surface area contributed by atoms with Gasteiger partial charge in [-0.1, -0.05) is 48.5 Å². The molecule has 0 bridgehead atoms. The monoisotopic (exact) mass is 472 g/mol. The van der Waals surface area contributed by atoms with E-state index in [1.165, 1.54) is 0 Å². The molecule has 1 saturated heterocycles. The zero-order chi connectivity index (χ0) is 24.1. The smallest absolute Gasteiger partial charge is 0.294 e. The Morgan fingerprint density at radius 1 is 0.971 bits per heavy atom. The van der Waals surface area contributed by atoms with Gasteiger partial charge in [0.15, 0.2) is 0 Å². The fraction of sp³-hybridized carbons (Fsp3) is 0.148. The lowest BCUT2D eigenvalue weighted by molar-refractivity contribution is -0.127. The maximum absolute atomic E-state index is 12.8. The van der Waals surface area contributed by atoms with Crippen LogP contribution >= 0.6 is 11.8 Å². The Morgan fingerprint density at radius 3 is 2.53 bits per heavy atom. The van der Waals surface area contributed by atoms with E-state index in [4.69, 9.17) is 4.74 Å². The van der Waals surface area contributed by atoms with Gasteiger partial charge in [-0.15, -0.1) is 0 Å². The van der Waals surface area contributed by atoms with Crippen LogP contribution in [0.5, 0.6) is 5.75 Å². The Kier molecular flexibility index (Phi) is 7.13. The SMILES string of the molecule is Cc1ccc(NC(=O)CN2C(=O)S/C(=C/c3cccc(OCc4ccccc4)c3)C2=O)cc1C. The van der Waals surface area contributed by atoms with Crippen molar-refractivity contribution < 1.29 is 19.1 Å². The minimum Gasteiger partial charge on any atom is -0.489 e. The fourth-order valence-corrected chi connectivity index (χ4v) is 4.22. The molecule has 7 heteroatoms. The highest BCUT2D eigenvalue weighted by atomic mass is 32.2. The van der Waals surface area contributed by atoms with Gasteiger partial charge in [-0.3, -0.25) is 19.3 Å². The molecule has 4 rings (SSSR count). The van der Waals surface area contributed by atoms with Gasteiger partial charge < -0.3 is 10.1 Å². The largest absolute Gasteiger partial charge is 0.489 e. The molecule has 1 aliphatic rings. The number of anilines is 1. The molecule has 34 heavy (non-hydrogen) atoms. The molecule has 0 atom stereocenters. The Balaban J connectivity index is 1.40. The highest BCUT2D eigenvalue weighted by molar-refractivity contribution is 8.18. The Hall–Kier alpha value is -3.84. The second-order valence-electron chi connectivity index (χ2n) is 7.96. The molecule has 0 unspecified atom stereocenters. The number of aryl methyl sites for hydroxylation is 2.